The van der Waals surface area contributed by atoms with Gasteiger partial charge in [0.2, 0.25) is 0 Å². The van der Waals surface area contributed by atoms with Crippen molar-refractivity contribution in [3.8, 4) is 0 Å². The first-order valence-corrected chi connectivity index (χ1v) is 5.09. The lowest BCUT2D eigenvalue weighted by Gasteiger charge is -2.13. The van der Waals surface area contributed by atoms with Crippen LogP contribution in [0.5, 0.6) is 0 Å². The van der Waals surface area contributed by atoms with E-state index in [2.05, 4.69) is 10.3 Å². The van der Waals surface area contributed by atoms with Gasteiger partial charge in [-0.2, -0.15) is 0 Å². The molecule has 1 aromatic rings. The Kier molecular flexibility index (Phi) is 4.88. The largest absolute Gasteiger partial charge is 0.370 e. The lowest BCUT2D eigenvalue weighted by Crippen LogP contribution is -2.40. The number of nitrogens with one attached hydrogen (secondary N) is 1. The van der Waals surface area contributed by atoms with Crippen LogP contribution in [0.1, 0.15) is 11.1 Å². The maximum absolute atomic E-state index is 11.6. The Morgan fingerprint density at radius 1 is 1.69 bits per heavy atom. The highest BCUT2D eigenvalue weighted by Crippen LogP contribution is 2.04. The van der Waals surface area contributed by atoms with Crippen molar-refractivity contribution in [3.63, 3.8) is 0 Å². The molecule has 5 nitrogen and oxygen atoms in total. The number of aromatic nitrogens is 1. The Balaban J connectivity index is 2.52. The molecule has 1 atom stereocenters. The fourth-order valence-electron chi connectivity index (χ4n) is 1.31. The van der Waals surface area contributed by atoms with Crippen molar-refractivity contribution in [2.45, 2.75) is 19.6 Å². The zero-order valence-corrected chi connectivity index (χ0v) is 9.56. The van der Waals surface area contributed by atoms with Crippen molar-refractivity contribution in [3.05, 3.63) is 29.6 Å². The first-order valence-electron chi connectivity index (χ1n) is 5.09. The summed E-state index contributed by atoms with van der Waals surface area (Å²) in [5.74, 6) is -0.193. The summed E-state index contributed by atoms with van der Waals surface area (Å²) in [6.07, 6.45) is 2.88. The molecule has 88 valence electrons. The van der Waals surface area contributed by atoms with Crippen LogP contribution in [0.15, 0.2) is 18.5 Å². The average Bonchev–Trinajstić information content (AvgIpc) is 2.29. The van der Waals surface area contributed by atoms with E-state index < -0.39 is 6.10 Å². The molecule has 0 bridgehead atoms. The molecule has 1 aromatic heterocycles. The topological polar surface area (TPSA) is 77.2 Å². The third-order valence-electron chi connectivity index (χ3n) is 2.38. The van der Waals surface area contributed by atoms with Crippen LogP contribution in [0.2, 0.25) is 0 Å². The first-order chi connectivity index (χ1) is 7.69. The molecule has 0 radical (unpaired) electrons. The minimum atomic E-state index is -0.581. The quantitative estimate of drug-likeness (QED) is 0.735. The number of nitrogens with zero attached hydrogens (tertiary/aromatic N) is 1. The molecule has 3 N–H and O–H groups in total. The van der Waals surface area contributed by atoms with Crippen LogP contribution in [0.4, 0.5) is 0 Å². The van der Waals surface area contributed by atoms with Crippen LogP contribution in [0.3, 0.4) is 0 Å². The third-order valence-corrected chi connectivity index (χ3v) is 2.38. The number of amides is 1. The number of hydrogen-bond donors (Lipinski definition) is 2. The lowest BCUT2D eigenvalue weighted by molar-refractivity contribution is -0.130. The number of carbonyl (C=O) groups excluding carboxylic acids is 1. The molecule has 16 heavy (non-hydrogen) atoms. The van der Waals surface area contributed by atoms with Crippen LogP contribution in [-0.4, -0.2) is 30.6 Å². The summed E-state index contributed by atoms with van der Waals surface area (Å²) in [6, 6.07) is 1.87. The number of methoxy groups -OCH3 is 1. The zero-order chi connectivity index (χ0) is 12.0. The lowest BCUT2D eigenvalue weighted by atomic mass is 10.1. The molecule has 0 aliphatic carbocycles. The Morgan fingerprint density at radius 2 is 2.44 bits per heavy atom. The fourth-order valence-corrected chi connectivity index (χ4v) is 1.31. The number of carbonyl (C=O) groups is 1. The van der Waals surface area contributed by atoms with Gasteiger partial charge in [0.25, 0.3) is 5.91 Å². The monoisotopic (exact) mass is 223 g/mol. The fraction of sp³-hybridized carbons (Fsp3) is 0.455. The molecule has 1 unspecified atom stereocenters. The van der Waals surface area contributed by atoms with Gasteiger partial charge < -0.3 is 15.8 Å². The molecule has 1 rings (SSSR count). The van der Waals surface area contributed by atoms with Gasteiger partial charge in [0.05, 0.1) is 0 Å². The van der Waals surface area contributed by atoms with Crippen molar-refractivity contribution in [1.29, 1.82) is 0 Å². The number of rotatable bonds is 5. The SMILES string of the molecule is COC(CN)C(=O)NCc1ccncc1C. The van der Waals surface area contributed by atoms with Gasteiger partial charge in [-0.1, -0.05) is 0 Å². The highest BCUT2D eigenvalue weighted by molar-refractivity contribution is 5.80. The normalized spacial score (nSPS) is 12.2. The Hall–Kier alpha value is -1.46. The minimum Gasteiger partial charge on any atom is -0.370 e. The molecule has 1 heterocycles. The summed E-state index contributed by atoms with van der Waals surface area (Å²) in [5, 5.41) is 2.77. The minimum absolute atomic E-state index is 0.178. The zero-order valence-electron chi connectivity index (χ0n) is 9.56. The second-order valence-electron chi connectivity index (χ2n) is 3.48. The van der Waals surface area contributed by atoms with Gasteiger partial charge in [-0.15, -0.1) is 0 Å². The van der Waals surface area contributed by atoms with Crippen LogP contribution in [-0.2, 0) is 16.1 Å². The van der Waals surface area contributed by atoms with E-state index in [0.717, 1.165) is 11.1 Å². The predicted octanol–water partition coefficient (Wildman–Crippen LogP) is -0.0201. The summed E-state index contributed by atoms with van der Waals surface area (Å²) in [5.41, 5.74) is 7.47. The summed E-state index contributed by atoms with van der Waals surface area (Å²) < 4.78 is 4.93. The van der Waals surface area contributed by atoms with Crippen LogP contribution < -0.4 is 11.1 Å². The maximum Gasteiger partial charge on any atom is 0.250 e. The highest BCUT2D eigenvalue weighted by atomic mass is 16.5. The number of nitrogens with two attached hydrogens (primary N) is 1. The highest BCUT2D eigenvalue weighted by Gasteiger charge is 2.14. The molecule has 0 fully saturated rings. The van der Waals surface area contributed by atoms with Crippen LogP contribution in [0, 0.1) is 6.92 Å². The van der Waals surface area contributed by atoms with Crippen LogP contribution in [0.25, 0.3) is 0 Å². The molecule has 0 aliphatic rings. The van der Waals surface area contributed by atoms with E-state index in [1.165, 1.54) is 7.11 Å². The maximum atomic E-state index is 11.6. The van der Waals surface area contributed by atoms with Gasteiger partial charge in [0.15, 0.2) is 0 Å². The standard InChI is InChI=1S/C11H17N3O2/c1-8-6-13-4-3-9(8)7-14-11(15)10(5-12)16-2/h3-4,6,10H,5,7,12H2,1-2H3,(H,14,15). The van der Waals surface area contributed by atoms with E-state index in [1.54, 1.807) is 12.4 Å². The molecule has 1 amide bonds. The molecule has 0 aromatic carbocycles. The summed E-state index contributed by atoms with van der Waals surface area (Å²) in [6.45, 7) is 2.59. The Morgan fingerprint density at radius 3 is 3.00 bits per heavy atom. The van der Waals surface area contributed by atoms with Crippen molar-refractivity contribution in [1.82, 2.24) is 10.3 Å². The smallest absolute Gasteiger partial charge is 0.250 e. The molecular weight excluding hydrogens is 206 g/mol. The van der Waals surface area contributed by atoms with E-state index in [4.69, 9.17) is 10.5 Å². The molecule has 5 heteroatoms. The Bertz CT molecular complexity index is 351. The molecular formula is C11H17N3O2. The van der Waals surface area contributed by atoms with Crippen molar-refractivity contribution in [2.75, 3.05) is 13.7 Å². The first kappa shape index (κ1) is 12.6. The molecule has 0 aliphatic heterocycles. The average molecular weight is 223 g/mol. The summed E-state index contributed by atoms with van der Waals surface area (Å²) >= 11 is 0. The molecule has 0 saturated carbocycles. The third kappa shape index (κ3) is 3.29. The van der Waals surface area contributed by atoms with E-state index >= 15 is 0 Å². The van der Waals surface area contributed by atoms with Gasteiger partial charge in [-0.05, 0) is 24.1 Å². The van der Waals surface area contributed by atoms with Gasteiger partial charge in [-0.3, -0.25) is 9.78 Å². The predicted molar refractivity (Wildman–Crippen MR) is 60.7 cm³/mol. The van der Waals surface area contributed by atoms with Gasteiger partial charge in [0, 0.05) is 32.6 Å². The van der Waals surface area contributed by atoms with Crippen LogP contribution >= 0.6 is 0 Å². The number of ether oxygens (including phenoxy) is 1. The van der Waals surface area contributed by atoms with E-state index in [9.17, 15) is 4.79 Å². The summed E-state index contributed by atoms with van der Waals surface area (Å²) in [7, 11) is 1.47. The van der Waals surface area contributed by atoms with Gasteiger partial charge in [0.1, 0.15) is 6.10 Å². The second-order valence-corrected chi connectivity index (χ2v) is 3.48. The van der Waals surface area contributed by atoms with Gasteiger partial charge in [-0.25, -0.2) is 0 Å². The van der Waals surface area contributed by atoms with E-state index in [-0.39, 0.29) is 12.5 Å². The van der Waals surface area contributed by atoms with Crippen molar-refractivity contribution >= 4 is 5.91 Å². The van der Waals surface area contributed by atoms with Gasteiger partial charge >= 0.3 is 0 Å². The number of hydrogen-bond acceptors (Lipinski definition) is 4. The Labute approximate surface area is 95.0 Å². The van der Waals surface area contributed by atoms with E-state index in [1.807, 2.05) is 13.0 Å². The molecule has 0 spiro atoms. The van der Waals surface area contributed by atoms with Crippen molar-refractivity contribution < 1.29 is 9.53 Å². The van der Waals surface area contributed by atoms with Crippen molar-refractivity contribution in [2.24, 2.45) is 5.73 Å². The summed E-state index contributed by atoms with van der Waals surface area (Å²) in [4.78, 5) is 15.5. The van der Waals surface area contributed by atoms with E-state index in [0.29, 0.717) is 6.54 Å². The second kappa shape index (κ2) is 6.19. The molecule has 0 saturated heterocycles. The number of aryl methyl sites for hydroxylation is 1. The number of pyridine rings is 1.